The minimum Gasteiger partial charge on any atom is -0.365 e. The van der Waals surface area contributed by atoms with E-state index in [2.05, 4.69) is 17.3 Å². The van der Waals surface area contributed by atoms with Gasteiger partial charge in [0.25, 0.3) is 5.91 Å². The maximum Gasteiger partial charge on any atom is 0.256 e. The molecular formula is C17H20N2O2S. The third-order valence-corrected chi connectivity index (χ3v) is 4.72. The fourth-order valence-corrected chi connectivity index (χ4v) is 3.58. The van der Waals surface area contributed by atoms with Crippen molar-refractivity contribution in [2.24, 2.45) is 5.92 Å². The predicted octanol–water partition coefficient (Wildman–Crippen LogP) is 3.49. The number of aromatic nitrogens is 1. The van der Waals surface area contributed by atoms with Gasteiger partial charge in [-0.2, -0.15) is 11.3 Å². The topological polar surface area (TPSA) is 42.4 Å². The van der Waals surface area contributed by atoms with E-state index in [9.17, 15) is 4.79 Å². The van der Waals surface area contributed by atoms with E-state index in [-0.39, 0.29) is 24.0 Å². The van der Waals surface area contributed by atoms with E-state index in [0.717, 1.165) is 17.7 Å². The summed E-state index contributed by atoms with van der Waals surface area (Å²) in [5.41, 5.74) is 1.94. The predicted molar refractivity (Wildman–Crippen MR) is 87.9 cm³/mol. The van der Waals surface area contributed by atoms with Crippen molar-refractivity contribution in [3.05, 3.63) is 46.9 Å². The summed E-state index contributed by atoms with van der Waals surface area (Å²) in [5, 5.41) is 4.09. The highest BCUT2D eigenvalue weighted by Gasteiger charge is 2.38. The van der Waals surface area contributed by atoms with Crippen molar-refractivity contribution in [1.82, 2.24) is 4.98 Å². The Kier molecular flexibility index (Phi) is 4.55. The van der Waals surface area contributed by atoms with E-state index in [1.165, 1.54) is 0 Å². The number of anilines is 1. The molecule has 3 heterocycles. The van der Waals surface area contributed by atoms with Crippen molar-refractivity contribution < 1.29 is 9.53 Å². The lowest BCUT2D eigenvalue weighted by molar-refractivity contribution is -0.130. The number of ether oxygens (including phenoxy) is 1. The van der Waals surface area contributed by atoms with Crippen LogP contribution in [0.4, 0.5) is 5.69 Å². The Morgan fingerprint density at radius 1 is 1.45 bits per heavy atom. The van der Waals surface area contributed by atoms with Crippen molar-refractivity contribution in [2.75, 3.05) is 4.90 Å². The molecule has 4 nitrogen and oxygen atoms in total. The van der Waals surface area contributed by atoms with Gasteiger partial charge in [-0.15, -0.1) is 0 Å². The molecule has 2 aromatic rings. The van der Waals surface area contributed by atoms with Gasteiger partial charge in [0.1, 0.15) is 6.10 Å². The zero-order valence-electron chi connectivity index (χ0n) is 12.8. The number of pyridine rings is 1. The SMILES string of the molecule is C[C@@H]1C[C@@H](C)[C@@H](C(=O)N(Cc2ccsc2)c2cccnc2)O1. The van der Waals surface area contributed by atoms with Crippen LogP contribution in [0.5, 0.6) is 0 Å². The zero-order chi connectivity index (χ0) is 15.5. The van der Waals surface area contributed by atoms with Crippen LogP contribution in [0.3, 0.4) is 0 Å². The van der Waals surface area contributed by atoms with E-state index in [1.807, 2.05) is 30.5 Å². The number of nitrogens with zero attached hydrogens (tertiary/aromatic N) is 2. The second kappa shape index (κ2) is 6.58. The maximum absolute atomic E-state index is 13.0. The molecule has 1 aliphatic heterocycles. The van der Waals surface area contributed by atoms with Crippen LogP contribution in [0.1, 0.15) is 25.8 Å². The molecule has 116 valence electrons. The molecule has 1 fully saturated rings. The Morgan fingerprint density at radius 3 is 2.91 bits per heavy atom. The fraction of sp³-hybridized carbons (Fsp3) is 0.412. The Hall–Kier alpha value is -1.72. The minimum absolute atomic E-state index is 0.0241. The number of hydrogen-bond acceptors (Lipinski definition) is 4. The first-order chi connectivity index (χ1) is 10.6. The summed E-state index contributed by atoms with van der Waals surface area (Å²) in [6.07, 6.45) is 4.14. The van der Waals surface area contributed by atoms with Gasteiger partial charge in [-0.3, -0.25) is 9.78 Å². The molecule has 0 N–H and O–H groups in total. The van der Waals surface area contributed by atoms with Gasteiger partial charge < -0.3 is 9.64 Å². The van der Waals surface area contributed by atoms with Gasteiger partial charge in [-0.1, -0.05) is 6.92 Å². The minimum atomic E-state index is -0.367. The van der Waals surface area contributed by atoms with E-state index in [1.54, 1.807) is 28.6 Å². The average molecular weight is 316 g/mol. The van der Waals surface area contributed by atoms with Crippen LogP contribution < -0.4 is 4.90 Å². The summed E-state index contributed by atoms with van der Waals surface area (Å²) in [6.45, 7) is 4.66. The molecule has 3 rings (SSSR count). The molecule has 22 heavy (non-hydrogen) atoms. The van der Waals surface area contributed by atoms with Crippen LogP contribution in [0.25, 0.3) is 0 Å². The molecule has 0 spiro atoms. The van der Waals surface area contributed by atoms with Crippen molar-refractivity contribution >= 4 is 22.9 Å². The van der Waals surface area contributed by atoms with Gasteiger partial charge >= 0.3 is 0 Å². The van der Waals surface area contributed by atoms with Crippen molar-refractivity contribution in [2.45, 2.75) is 39.0 Å². The molecule has 0 radical (unpaired) electrons. The van der Waals surface area contributed by atoms with Gasteiger partial charge in [-0.25, -0.2) is 0 Å². The first-order valence-corrected chi connectivity index (χ1v) is 8.47. The van der Waals surface area contributed by atoms with Crippen LogP contribution in [-0.2, 0) is 16.1 Å². The van der Waals surface area contributed by atoms with E-state index in [4.69, 9.17) is 4.74 Å². The Bertz CT molecular complexity index is 615. The lowest BCUT2D eigenvalue weighted by Crippen LogP contribution is -2.41. The summed E-state index contributed by atoms with van der Waals surface area (Å²) in [6, 6.07) is 5.81. The summed E-state index contributed by atoms with van der Waals surface area (Å²) in [4.78, 5) is 18.9. The van der Waals surface area contributed by atoms with E-state index in [0.29, 0.717) is 6.54 Å². The molecule has 0 bridgehead atoms. The molecule has 1 saturated heterocycles. The summed E-state index contributed by atoms with van der Waals surface area (Å²) >= 11 is 1.64. The highest BCUT2D eigenvalue weighted by atomic mass is 32.1. The molecular weight excluding hydrogens is 296 g/mol. The number of carbonyl (C=O) groups is 1. The van der Waals surface area contributed by atoms with Gasteiger partial charge in [-0.05, 0) is 53.8 Å². The van der Waals surface area contributed by atoms with Crippen LogP contribution >= 0.6 is 11.3 Å². The van der Waals surface area contributed by atoms with Gasteiger partial charge in [0.2, 0.25) is 0 Å². The highest BCUT2D eigenvalue weighted by Crippen LogP contribution is 2.29. The molecule has 2 aromatic heterocycles. The van der Waals surface area contributed by atoms with Crippen LogP contribution in [0, 0.1) is 5.92 Å². The first-order valence-electron chi connectivity index (χ1n) is 7.53. The number of carbonyl (C=O) groups excluding carboxylic acids is 1. The lowest BCUT2D eigenvalue weighted by atomic mass is 10.0. The smallest absolute Gasteiger partial charge is 0.256 e. The normalized spacial score (nSPS) is 24.4. The molecule has 0 aliphatic carbocycles. The van der Waals surface area contributed by atoms with Crippen LogP contribution in [0.15, 0.2) is 41.4 Å². The quantitative estimate of drug-likeness (QED) is 0.867. The zero-order valence-corrected chi connectivity index (χ0v) is 13.6. The maximum atomic E-state index is 13.0. The summed E-state index contributed by atoms with van der Waals surface area (Å²) < 4.78 is 5.85. The van der Waals surface area contributed by atoms with Crippen LogP contribution in [0.2, 0.25) is 0 Å². The third-order valence-electron chi connectivity index (χ3n) is 3.99. The number of rotatable bonds is 4. The molecule has 0 unspecified atom stereocenters. The second-order valence-electron chi connectivity index (χ2n) is 5.85. The largest absolute Gasteiger partial charge is 0.365 e. The number of thiophene rings is 1. The van der Waals surface area contributed by atoms with Gasteiger partial charge in [0.15, 0.2) is 0 Å². The Balaban J connectivity index is 1.86. The average Bonchev–Trinajstić information content (AvgIpc) is 3.14. The first kappa shape index (κ1) is 15.2. The van der Waals surface area contributed by atoms with Crippen LogP contribution in [-0.4, -0.2) is 23.1 Å². The summed E-state index contributed by atoms with van der Waals surface area (Å²) in [5.74, 6) is 0.264. The molecule has 3 atom stereocenters. The van der Waals surface area contributed by atoms with Gasteiger partial charge in [0.05, 0.1) is 24.5 Å². The number of amides is 1. The standard InChI is InChI=1S/C17H20N2O2S/c1-12-8-13(2)21-16(12)17(20)19(10-14-5-7-22-11-14)15-4-3-6-18-9-15/h3-7,9,11-13,16H,8,10H2,1-2H3/t12-,13-,16+/m1/s1. The molecule has 0 aromatic carbocycles. The lowest BCUT2D eigenvalue weighted by Gasteiger charge is -2.26. The second-order valence-corrected chi connectivity index (χ2v) is 6.63. The molecule has 1 amide bonds. The monoisotopic (exact) mass is 316 g/mol. The van der Waals surface area contributed by atoms with E-state index < -0.39 is 0 Å². The Labute approximate surface area is 134 Å². The van der Waals surface area contributed by atoms with Gasteiger partial charge in [0, 0.05) is 6.20 Å². The van der Waals surface area contributed by atoms with E-state index >= 15 is 0 Å². The fourth-order valence-electron chi connectivity index (χ4n) is 2.92. The molecule has 1 aliphatic rings. The highest BCUT2D eigenvalue weighted by molar-refractivity contribution is 7.07. The van der Waals surface area contributed by atoms with Crippen molar-refractivity contribution in [3.8, 4) is 0 Å². The Morgan fingerprint density at radius 2 is 2.32 bits per heavy atom. The third kappa shape index (κ3) is 3.20. The number of hydrogen-bond donors (Lipinski definition) is 0. The van der Waals surface area contributed by atoms with Crippen molar-refractivity contribution in [1.29, 1.82) is 0 Å². The molecule has 0 saturated carbocycles. The summed E-state index contributed by atoms with van der Waals surface area (Å²) in [7, 11) is 0. The molecule has 5 heteroatoms. The van der Waals surface area contributed by atoms with Crippen molar-refractivity contribution in [3.63, 3.8) is 0 Å².